The third kappa shape index (κ3) is 3.46. The summed E-state index contributed by atoms with van der Waals surface area (Å²) in [6, 6.07) is 0. The van der Waals surface area contributed by atoms with E-state index >= 15 is 0 Å². The fourth-order valence-electron chi connectivity index (χ4n) is 2.81. The Morgan fingerprint density at radius 3 is 2.68 bits per heavy atom. The first-order chi connectivity index (χ1) is 9.08. The summed E-state index contributed by atoms with van der Waals surface area (Å²) in [5.74, 6) is 0.348. The van der Waals surface area contributed by atoms with Gasteiger partial charge in [0.2, 0.25) is 5.91 Å². The second-order valence-corrected chi connectivity index (χ2v) is 5.47. The predicted molar refractivity (Wildman–Crippen MR) is 76.5 cm³/mol. The molecule has 0 spiro atoms. The van der Waals surface area contributed by atoms with E-state index in [9.17, 15) is 4.79 Å². The van der Waals surface area contributed by atoms with Gasteiger partial charge in [0.05, 0.1) is 5.69 Å². The number of hydrogen-bond donors (Lipinski definition) is 1. The van der Waals surface area contributed by atoms with Gasteiger partial charge in [-0.1, -0.05) is 31.4 Å². The van der Waals surface area contributed by atoms with Gasteiger partial charge in [0.25, 0.3) is 0 Å². The van der Waals surface area contributed by atoms with Crippen LogP contribution in [0.3, 0.4) is 0 Å². The molecule has 104 valence electrons. The first-order valence-corrected chi connectivity index (χ1v) is 7.08. The van der Waals surface area contributed by atoms with Crippen LogP contribution in [0.1, 0.15) is 49.1 Å². The van der Waals surface area contributed by atoms with Crippen molar-refractivity contribution in [1.29, 1.82) is 0 Å². The van der Waals surface area contributed by atoms with Gasteiger partial charge in [0.1, 0.15) is 6.54 Å². The fraction of sp³-hybridized carbons (Fsp3) is 0.600. The van der Waals surface area contributed by atoms with Crippen molar-refractivity contribution in [2.24, 2.45) is 11.7 Å². The van der Waals surface area contributed by atoms with E-state index in [-0.39, 0.29) is 12.5 Å². The summed E-state index contributed by atoms with van der Waals surface area (Å²) < 4.78 is 1.69. The minimum Gasteiger partial charge on any atom is -0.368 e. The van der Waals surface area contributed by atoms with Crippen LogP contribution in [-0.4, -0.2) is 15.7 Å². The Kier molecular flexibility index (Phi) is 4.40. The molecule has 1 aliphatic carbocycles. The van der Waals surface area contributed by atoms with Crippen molar-refractivity contribution in [2.45, 2.75) is 52.5 Å². The third-order valence-corrected chi connectivity index (χ3v) is 3.93. The number of carbonyl (C=O) groups is 1. The van der Waals surface area contributed by atoms with Crippen LogP contribution in [0.4, 0.5) is 0 Å². The Bertz CT molecular complexity index is 482. The number of allylic oxidation sites excluding steroid dienone is 1. The van der Waals surface area contributed by atoms with Crippen molar-refractivity contribution in [1.82, 2.24) is 9.78 Å². The molecular formula is C15H23N3O. The summed E-state index contributed by atoms with van der Waals surface area (Å²) in [4.78, 5) is 11.0. The number of rotatable bonds is 4. The van der Waals surface area contributed by atoms with Gasteiger partial charge < -0.3 is 5.73 Å². The van der Waals surface area contributed by atoms with Crippen molar-refractivity contribution < 1.29 is 4.79 Å². The highest BCUT2D eigenvalue weighted by atomic mass is 16.1. The van der Waals surface area contributed by atoms with Crippen LogP contribution >= 0.6 is 0 Å². The lowest BCUT2D eigenvalue weighted by molar-refractivity contribution is -0.118. The smallest absolute Gasteiger partial charge is 0.239 e. The van der Waals surface area contributed by atoms with Gasteiger partial charge in [0, 0.05) is 11.3 Å². The minimum absolute atomic E-state index is 0.157. The topological polar surface area (TPSA) is 60.9 Å². The molecule has 2 rings (SSSR count). The van der Waals surface area contributed by atoms with E-state index in [4.69, 9.17) is 5.73 Å². The van der Waals surface area contributed by atoms with E-state index in [0.29, 0.717) is 5.92 Å². The molecule has 0 atom stereocenters. The molecular weight excluding hydrogens is 238 g/mol. The molecule has 0 unspecified atom stereocenters. The molecule has 1 amide bonds. The molecule has 0 radical (unpaired) electrons. The molecule has 4 heteroatoms. The van der Waals surface area contributed by atoms with Crippen molar-refractivity contribution in [2.75, 3.05) is 0 Å². The summed E-state index contributed by atoms with van der Waals surface area (Å²) in [6.07, 6.45) is 11.1. The van der Waals surface area contributed by atoms with E-state index < -0.39 is 0 Å². The van der Waals surface area contributed by atoms with Gasteiger partial charge >= 0.3 is 0 Å². The highest BCUT2D eigenvalue weighted by Crippen LogP contribution is 2.26. The lowest BCUT2D eigenvalue weighted by Gasteiger charge is -2.17. The number of aromatic nitrogens is 2. The minimum atomic E-state index is -0.353. The number of aryl methyl sites for hydroxylation is 1. The molecule has 1 aromatic rings. The second-order valence-electron chi connectivity index (χ2n) is 5.47. The van der Waals surface area contributed by atoms with Crippen molar-refractivity contribution in [3.63, 3.8) is 0 Å². The van der Waals surface area contributed by atoms with Gasteiger partial charge in [-0.2, -0.15) is 5.10 Å². The Hall–Kier alpha value is -1.58. The van der Waals surface area contributed by atoms with Crippen LogP contribution in [-0.2, 0) is 11.3 Å². The van der Waals surface area contributed by atoms with Crippen molar-refractivity contribution in [3.05, 3.63) is 23.0 Å². The quantitative estimate of drug-likeness (QED) is 0.905. The van der Waals surface area contributed by atoms with Crippen LogP contribution in [0.2, 0.25) is 0 Å². The van der Waals surface area contributed by atoms with Gasteiger partial charge in [-0.3, -0.25) is 9.48 Å². The summed E-state index contributed by atoms with van der Waals surface area (Å²) in [5, 5.41) is 4.38. The van der Waals surface area contributed by atoms with E-state index in [0.717, 1.165) is 17.0 Å². The van der Waals surface area contributed by atoms with Gasteiger partial charge in [-0.15, -0.1) is 0 Å². The average Bonchev–Trinajstić information content (AvgIpc) is 2.63. The first kappa shape index (κ1) is 13.8. The zero-order chi connectivity index (χ0) is 13.8. The average molecular weight is 261 g/mol. The Labute approximate surface area is 114 Å². The zero-order valence-electron chi connectivity index (χ0n) is 11.9. The predicted octanol–water partition coefficient (Wildman–Crippen LogP) is 2.58. The summed E-state index contributed by atoms with van der Waals surface area (Å²) in [5.41, 5.74) is 8.34. The van der Waals surface area contributed by atoms with Crippen LogP contribution in [0.15, 0.2) is 6.08 Å². The largest absolute Gasteiger partial charge is 0.368 e. The molecule has 0 aromatic carbocycles. The Morgan fingerprint density at radius 1 is 1.37 bits per heavy atom. The van der Waals surface area contributed by atoms with E-state index in [1.54, 1.807) is 4.68 Å². The van der Waals surface area contributed by atoms with Crippen molar-refractivity contribution in [3.8, 4) is 0 Å². The molecule has 1 aromatic heterocycles. The van der Waals surface area contributed by atoms with E-state index in [2.05, 4.69) is 17.3 Å². The fourth-order valence-corrected chi connectivity index (χ4v) is 2.81. The standard InChI is InChI=1S/C15H23N3O/c1-11-14(9-8-13-6-4-3-5-7-13)12(2)18(17-11)10-15(16)19/h8-9,13H,3-7,10H2,1-2H3,(H2,16,19)/b9-8+. The van der Waals surface area contributed by atoms with E-state index in [1.807, 2.05) is 13.8 Å². The molecule has 1 aliphatic rings. The third-order valence-electron chi connectivity index (χ3n) is 3.93. The van der Waals surface area contributed by atoms with Crippen LogP contribution in [0.25, 0.3) is 6.08 Å². The van der Waals surface area contributed by atoms with Crippen LogP contribution < -0.4 is 5.73 Å². The van der Waals surface area contributed by atoms with Gasteiger partial charge in [0.15, 0.2) is 0 Å². The Balaban J connectivity index is 2.13. The van der Waals surface area contributed by atoms with Gasteiger partial charge in [-0.25, -0.2) is 0 Å². The Morgan fingerprint density at radius 2 is 2.05 bits per heavy atom. The van der Waals surface area contributed by atoms with E-state index in [1.165, 1.54) is 32.1 Å². The highest BCUT2D eigenvalue weighted by Gasteiger charge is 2.13. The summed E-state index contributed by atoms with van der Waals surface area (Å²) in [7, 11) is 0. The van der Waals surface area contributed by atoms with Crippen LogP contribution in [0, 0.1) is 19.8 Å². The van der Waals surface area contributed by atoms with Crippen molar-refractivity contribution >= 4 is 12.0 Å². The lowest BCUT2D eigenvalue weighted by Crippen LogP contribution is -2.20. The number of nitrogens with two attached hydrogens (primary N) is 1. The van der Waals surface area contributed by atoms with Crippen LogP contribution in [0.5, 0.6) is 0 Å². The maximum Gasteiger partial charge on any atom is 0.239 e. The number of hydrogen-bond acceptors (Lipinski definition) is 2. The summed E-state index contributed by atoms with van der Waals surface area (Å²) >= 11 is 0. The number of primary amides is 1. The first-order valence-electron chi connectivity index (χ1n) is 7.08. The molecule has 2 N–H and O–H groups in total. The zero-order valence-corrected chi connectivity index (χ0v) is 11.9. The molecule has 4 nitrogen and oxygen atoms in total. The number of nitrogens with zero attached hydrogens (tertiary/aromatic N) is 2. The summed E-state index contributed by atoms with van der Waals surface area (Å²) in [6.45, 7) is 4.12. The second kappa shape index (κ2) is 6.04. The maximum absolute atomic E-state index is 11.0. The maximum atomic E-state index is 11.0. The number of amides is 1. The normalized spacial score (nSPS) is 17.2. The molecule has 0 aliphatic heterocycles. The molecule has 19 heavy (non-hydrogen) atoms. The highest BCUT2D eigenvalue weighted by molar-refractivity contribution is 5.73. The molecule has 1 fully saturated rings. The molecule has 1 heterocycles. The molecule has 1 saturated carbocycles. The number of carbonyl (C=O) groups excluding carboxylic acids is 1. The molecule has 0 saturated heterocycles. The SMILES string of the molecule is Cc1nn(CC(N)=O)c(C)c1/C=C/C1CCCCC1. The monoisotopic (exact) mass is 261 g/mol. The van der Waals surface area contributed by atoms with Gasteiger partial charge in [-0.05, 0) is 32.6 Å². The lowest BCUT2D eigenvalue weighted by atomic mass is 9.88. The molecule has 0 bridgehead atoms.